The third kappa shape index (κ3) is 11.7. The van der Waals surface area contributed by atoms with E-state index in [1.807, 2.05) is 60.7 Å². The summed E-state index contributed by atoms with van der Waals surface area (Å²) >= 11 is 7.23. The van der Waals surface area contributed by atoms with Crippen LogP contribution in [-0.4, -0.2) is 0 Å². The van der Waals surface area contributed by atoms with Crippen molar-refractivity contribution in [3.63, 3.8) is 0 Å². The van der Waals surface area contributed by atoms with Crippen LogP contribution in [0.2, 0.25) is 0 Å². The maximum Gasteiger partial charge on any atom is 0.143 e. The van der Waals surface area contributed by atoms with Gasteiger partial charge in [-0.05, 0) is 203 Å². The number of benzene rings is 20. The fraction of sp³-hybridized carbons (Fsp3) is 0. The van der Waals surface area contributed by atoms with Gasteiger partial charge in [0.25, 0.3) is 0 Å². The molecule has 0 saturated carbocycles. The van der Waals surface area contributed by atoms with Crippen LogP contribution in [0.25, 0.3) is 164 Å². The summed E-state index contributed by atoms with van der Waals surface area (Å²) < 4.78 is 21.3. The summed E-state index contributed by atoms with van der Waals surface area (Å²) in [5.74, 6) is 0. The van der Waals surface area contributed by atoms with Crippen molar-refractivity contribution in [1.29, 1.82) is 0 Å². The predicted octanol–water partition coefficient (Wildman–Crippen LogP) is 31.8. The van der Waals surface area contributed by atoms with Crippen LogP contribution in [0.15, 0.2) is 410 Å². The monoisotopic (exact) mass is 1560 g/mol. The number of para-hydroxylation sites is 9. The van der Waals surface area contributed by atoms with Gasteiger partial charge in [-0.1, -0.05) is 293 Å². The van der Waals surface area contributed by atoms with E-state index in [2.05, 4.69) is 375 Å². The van der Waals surface area contributed by atoms with Gasteiger partial charge in [-0.3, -0.25) is 0 Å². The minimum absolute atomic E-state index is 0.903. The zero-order chi connectivity index (χ0) is 74.3. The first-order valence-corrected chi connectivity index (χ1v) is 39.2. The highest BCUT2D eigenvalue weighted by atomic mass is 79.9. The van der Waals surface area contributed by atoms with E-state index in [0.29, 0.717) is 0 Å². The van der Waals surface area contributed by atoms with Gasteiger partial charge >= 0.3 is 0 Å². The summed E-state index contributed by atoms with van der Waals surface area (Å²) in [7, 11) is 0. The Morgan fingerprint density at radius 2 is 0.571 bits per heavy atom. The standard InChI is InChI=1S/C64H40N2O2.C24H17NO.C16H8Br2/c1-3-13-46(14-4-1)65(48-33-27-41(28-34-48)51-19-11-21-55-53-17-7-9-23-59(53)67-63(51)55)50-39-44-26-25-43-32-38-58(57-37-31-45(40-50)61(44)62(43)57)66(47-15-5-2-6-16-47)49-35-29-42(30-36-49)52-20-12-22-56-54-18-8-10-24-60(54)68-64(52)56;1-2-7-18(8-3-1)25-19-15-13-17(14-16-19)20-10-6-11-22-21-9-4-5-12-23(21)26-24(20)22;17-12-7-10-2-1-9-4-6-14(18)13-5-3-11(8-12)15(10)16(9)13/h1-40H;1-16,25H;1-8H. The molecule has 1 N–H and O–H groups in total. The van der Waals surface area contributed by atoms with E-state index < -0.39 is 0 Å². The molecule has 6 nitrogen and oxygen atoms in total. The van der Waals surface area contributed by atoms with Gasteiger partial charge in [-0.2, -0.15) is 0 Å². The third-order valence-electron chi connectivity index (χ3n) is 21.9. The Balaban J connectivity index is 0.000000145. The smallest absolute Gasteiger partial charge is 0.143 e. The fourth-order valence-corrected chi connectivity index (χ4v) is 17.8. The van der Waals surface area contributed by atoms with E-state index in [0.717, 1.165) is 154 Å². The molecule has 0 saturated heterocycles. The molecule has 0 aliphatic rings. The first kappa shape index (κ1) is 66.4. The maximum absolute atomic E-state index is 6.45. The first-order chi connectivity index (χ1) is 55.3. The molecular formula is C104H65Br2N3O3. The average Bonchev–Trinajstić information content (AvgIpc) is 1.24. The van der Waals surface area contributed by atoms with Gasteiger partial charge in [0.05, 0.1) is 5.69 Å². The van der Waals surface area contributed by atoms with Crippen molar-refractivity contribution in [2.45, 2.75) is 0 Å². The van der Waals surface area contributed by atoms with Crippen LogP contribution in [-0.2, 0) is 0 Å². The van der Waals surface area contributed by atoms with E-state index in [1.165, 1.54) is 64.6 Å². The molecule has 20 aromatic carbocycles. The van der Waals surface area contributed by atoms with Crippen molar-refractivity contribution >= 4 is 208 Å². The van der Waals surface area contributed by atoms with Crippen molar-refractivity contribution in [2.75, 3.05) is 15.1 Å². The molecule has 0 fully saturated rings. The van der Waals surface area contributed by atoms with Crippen LogP contribution < -0.4 is 15.1 Å². The number of rotatable bonds is 11. The SMILES string of the molecule is Brc1cc2ccc3ccc(Br)c4ccc(c1)c2c34.c1ccc(N(c2ccc(-c3cccc4c3oc3ccccc34)cc2)c2cc3ccc4ccc(N(c5ccccc5)c5ccc(-c6cccc7c6oc6ccccc67)cc5)c5ccc(c2)c3c45)cc1.c1ccc(Nc2ccc(-c3cccc4c3oc3ccccc34)cc2)cc1. The van der Waals surface area contributed by atoms with E-state index >= 15 is 0 Å². The fourth-order valence-electron chi connectivity index (χ4n) is 16.8. The molecule has 3 heterocycles. The number of nitrogens with one attached hydrogen (secondary N) is 1. The van der Waals surface area contributed by atoms with E-state index in [9.17, 15) is 0 Å². The topological polar surface area (TPSA) is 57.9 Å². The lowest BCUT2D eigenvalue weighted by Crippen LogP contribution is -2.11. The molecular weight excluding hydrogens is 1500 g/mol. The van der Waals surface area contributed by atoms with Gasteiger partial charge in [0.1, 0.15) is 33.5 Å². The average molecular weight is 1560 g/mol. The van der Waals surface area contributed by atoms with Gasteiger partial charge in [0.15, 0.2) is 0 Å². The molecule has 0 aliphatic heterocycles. The Bertz CT molecular complexity index is 7450. The molecule has 0 atom stereocenters. The van der Waals surface area contributed by atoms with Crippen LogP contribution in [0.1, 0.15) is 0 Å². The van der Waals surface area contributed by atoms with Gasteiger partial charge in [0, 0.05) is 103 Å². The van der Waals surface area contributed by atoms with E-state index in [1.54, 1.807) is 0 Å². The molecule has 8 heteroatoms. The second-order valence-electron chi connectivity index (χ2n) is 28.5. The molecule has 0 unspecified atom stereocenters. The predicted molar refractivity (Wildman–Crippen MR) is 479 cm³/mol. The Kier molecular flexibility index (Phi) is 16.4. The van der Waals surface area contributed by atoms with Crippen LogP contribution in [0.5, 0.6) is 0 Å². The number of hydrogen-bond donors (Lipinski definition) is 1. The summed E-state index contributed by atoms with van der Waals surface area (Å²) in [5, 5.41) is 25.4. The molecule has 528 valence electrons. The van der Waals surface area contributed by atoms with Crippen LogP contribution >= 0.6 is 31.9 Å². The van der Waals surface area contributed by atoms with Crippen LogP contribution in [0.4, 0.5) is 45.5 Å². The normalized spacial score (nSPS) is 11.7. The number of halogens is 2. The summed E-state index contributed by atoms with van der Waals surface area (Å²) in [6.45, 7) is 0. The highest BCUT2D eigenvalue weighted by molar-refractivity contribution is 9.11. The van der Waals surface area contributed by atoms with Gasteiger partial charge in [-0.25, -0.2) is 0 Å². The van der Waals surface area contributed by atoms with Gasteiger partial charge < -0.3 is 28.4 Å². The summed E-state index contributed by atoms with van der Waals surface area (Å²) in [4.78, 5) is 4.75. The number of furan rings is 3. The van der Waals surface area contributed by atoms with E-state index in [-0.39, 0.29) is 0 Å². The van der Waals surface area contributed by atoms with Crippen LogP contribution in [0.3, 0.4) is 0 Å². The molecule has 0 radical (unpaired) electrons. The number of anilines is 8. The molecule has 0 amide bonds. The molecule has 23 aromatic rings. The minimum Gasteiger partial charge on any atom is -0.455 e. The largest absolute Gasteiger partial charge is 0.455 e. The summed E-state index contributed by atoms with van der Waals surface area (Å²) in [6.07, 6.45) is 0. The number of nitrogens with zero attached hydrogens (tertiary/aromatic N) is 2. The second kappa shape index (κ2) is 27.7. The van der Waals surface area contributed by atoms with Crippen molar-refractivity contribution in [1.82, 2.24) is 0 Å². The summed E-state index contributed by atoms with van der Waals surface area (Å²) in [6, 6.07) is 138. The zero-order valence-corrected chi connectivity index (χ0v) is 63.5. The Labute approximate surface area is 661 Å². The molecule has 112 heavy (non-hydrogen) atoms. The van der Waals surface area contributed by atoms with Gasteiger partial charge in [-0.15, -0.1) is 0 Å². The Morgan fingerprint density at radius 1 is 0.223 bits per heavy atom. The Hall–Kier alpha value is -13.8. The van der Waals surface area contributed by atoms with Crippen molar-refractivity contribution < 1.29 is 13.3 Å². The molecule has 0 aliphatic carbocycles. The molecule has 0 bridgehead atoms. The second-order valence-corrected chi connectivity index (χ2v) is 30.3. The van der Waals surface area contributed by atoms with Crippen molar-refractivity contribution in [2.24, 2.45) is 0 Å². The lowest BCUT2D eigenvalue weighted by atomic mass is 9.92. The molecule has 3 aromatic heterocycles. The lowest BCUT2D eigenvalue weighted by Gasteiger charge is -2.28. The first-order valence-electron chi connectivity index (χ1n) is 37.6. The van der Waals surface area contributed by atoms with Gasteiger partial charge in [0.2, 0.25) is 0 Å². The third-order valence-corrected chi connectivity index (χ3v) is 23.1. The quantitative estimate of drug-likeness (QED) is 0.130. The Morgan fingerprint density at radius 3 is 1.06 bits per heavy atom. The highest BCUT2D eigenvalue weighted by Gasteiger charge is 2.23. The van der Waals surface area contributed by atoms with Crippen LogP contribution in [0, 0.1) is 0 Å². The highest BCUT2D eigenvalue weighted by Crippen LogP contribution is 2.49. The van der Waals surface area contributed by atoms with E-state index in [4.69, 9.17) is 13.3 Å². The van der Waals surface area contributed by atoms with Crippen molar-refractivity contribution in [3.8, 4) is 33.4 Å². The minimum atomic E-state index is 0.903. The maximum atomic E-state index is 6.45. The van der Waals surface area contributed by atoms with Crippen molar-refractivity contribution in [3.05, 3.63) is 397 Å². The number of hydrogen-bond acceptors (Lipinski definition) is 6. The zero-order valence-electron chi connectivity index (χ0n) is 60.3. The number of fused-ring (bicyclic) bond motifs is 9. The lowest BCUT2D eigenvalue weighted by molar-refractivity contribution is 0.669. The molecule has 23 rings (SSSR count). The molecule has 0 spiro atoms. The summed E-state index contributed by atoms with van der Waals surface area (Å²) in [5.41, 5.74) is 20.8.